The maximum atomic E-state index is 12.8. The quantitative estimate of drug-likeness (QED) is 0.786. The van der Waals surface area contributed by atoms with E-state index < -0.39 is 0 Å². The molecule has 0 atom stereocenters. The molecule has 1 saturated heterocycles. The molecule has 1 amide bonds. The summed E-state index contributed by atoms with van der Waals surface area (Å²) in [6.45, 7) is 1.69. The van der Waals surface area contributed by atoms with Gasteiger partial charge in [-0.05, 0) is 36.5 Å². The lowest BCUT2D eigenvalue weighted by Gasteiger charge is -2.31. The summed E-state index contributed by atoms with van der Waals surface area (Å²) in [7, 11) is 0. The molecule has 0 unspecified atom stereocenters. The van der Waals surface area contributed by atoms with E-state index in [-0.39, 0.29) is 11.7 Å². The first-order valence-electron chi connectivity index (χ1n) is 6.27. The first-order chi connectivity index (χ1) is 8.69. The van der Waals surface area contributed by atoms with Crippen LogP contribution in [0.5, 0.6) is 0 Å². The number of nitrogens with zero attached hydrogens (tertiary/aromatic N) is 1. The first kappa shape index (κ1) is 13.5. The van der Waals surface area contributed by atoms with E-state index in [1.54, 1.807) is 12.1 Å². The van der Waals surface area contributed by atoms with E-state index in [0.29, 0.717) is 12.3 Å². The van der Waals surface area contributed by atoms with Crippen LogP contribution in [-0.2, 0) is 11.2 Å². The van der Waals surface area contributed by atoms with E-state index in [1.807, 2.05) is 4.90 Å². The highest BCUT2D eigenvalue weighted by Crippen LogP contribution is 2.19. The highest BCUT2D eigenvalue weighted by Gasteiger charge is 2.21. The van der Waals surface area contributed by atoms with Crippen molar-refractivity contribution >= 4 is 21.8 Å². The zero-order valence-electron chi connectivity index (χ0n) is 10.2. The number of carbonyl (C=O) groups excluding carboxylic acids is 1. The van der Waals surface area contributed by atoms with E-state index in [9.17, 15) is 9.18 Å². The molecule has 2 nitrogen and oxygen atoms in total. The van der Waals surface area contributed by atoms with E-state index in [4.69, 9.17) is 0 Å². The van der Waals surface area contributed by atoms with Crippen LogP contribution in [-0.4, -0.2) is 29.2 Å². The van der Waals surface area contributed by atoms with Crippen molar-refractivity contribution in [1.82, 2.24) is 4.90 Å². The fourth-order valence-corrected chi connectivity index (χ4v) is 2.87. The van der Waals surface area contributed by atoms with Gasteiger partial charge in [0.2, 0.25) is 5.91 Å². The average Bonchev–Trinajstić information content (AvgIpc) is 2.41. The van der Waals surface area contributed by atoms with Crippen LogP contribution in [0.2, 0.25) is 0 Å². The molecule has 0 aliphatic carbocycles. The minimum Gasteiger partial charge on any atom is -0.342 e. The molecule has 2 rings (SSSR count). The largest absolute Gasteiger partial charge is 0.342 e. The summed E-state index contributed by atoms with van der Waals surface area (Å²) in [6, 6.07) is 6.16. The van der Waals surface area contributed by atoms with Gasteiger partial charge in [-0.3, -0.25) is 4.79 Å². The monoisotopic (exact) mass is 313 g/mol. The lowest BCUT2D eigenvalue weighted by atomic mass is 9.98. The average molecular weight is 314 g/mol. The summed E-state index contributed by atoms with van der Waals surface area (Å²) in [5.74, 6) is 0.582. The number of carbonyl (C=O) groups is 1. The van der Waals surface area contributed by atoms with Crippen LogP contribution >= 0.6 is 15.9 Å². The Bertz CT molecular complexity index is 399. The van der Waals surface area contributed by atoms with E-state index in [0.717, 1.165) is 36.8 Å². The standard InChI is InChI=1S/C14H17BrFNO/c15-10-12-5-7-17(8-6-12)14(18)9-11-1-3-13(16)4-2-11/h1-4,12H,5-10H2. The Morgan fingerprint density at radius 3 is 2.44 bits per heavy atom. The summed E-state index contributed by atoms with van der Waals surface area (Å²) >= 11 is 3.49. The smallest absolute Gasteiger partial charge is 0.226 e. The molecule has 1 fully saturated rings. The van der Waals surface area contributed by atoms with Crippen LogP contribution in [0.25, 0.3) is 0 Å². The Kier molecular flexibility index (Phi) is 4.75. The van der Waals surface area contributed by atoms with Gasteiger partial charge in [-0.1, -0.05) is 28.1 Å². The van der Waals surface area contributed by atoms with Crippen LogP contribution in [0.3, 0.4) is 0 Å². The Morgan fingerprint density at radius 2 is 1.89 bits per heavy atom. The highest BCUT2D eigenvalue weighted by atomic mass is 79.9. The molecule has 0 N–H and O–H groups in total. The van der Waals surface area contributed by atoms with E-state index >= 15 is 0 Å². The Hall–Kier alpha value is -0.900. The SMILES string of the molecule is O=C(Cc1ccc(F)cc1)N1CCC(CBr)CC1. The molecule has 1 aromatic rings. The Morgan fingerprint density at radius 1 is 1.28 bits per heavy atom. The highest BCUT2D eigenvalue weighted by molar-refractivity contribution is 9.09. The summed E-state index contributed by atoms with van der Waals surface area (Å²) in [4.78, 5) is 14.0. The third-order valence-corrected chi connectivity index (χ3v) is 4.37. The number of hydrogen-bond donors (Lipinski definition) is 0. The molecule has 0 aromatic heterocycles. The Labute approximate surface area is 115 Å². The van der Waals surface area contributed by atoms with Crippen molar-refractivity contribution in [3.63, 3.8) is 0 Å². The van der Waals surface area contributed by atoms with Gasteiger partial charge in [0, 0.05) is 18.4 Å². The van der Waals surface area contributed by atoms with Crippen molar-refractivity contribution in [3.05, 3.63) is 35.6 Å². The topological polar surface area (TPSA) is 20.3 Å². The van der Waals surface area contributed by atoms with Gasteiger partial charge >= 0.3 is 0 Å². The number of benzene rings is 1. The molecule has 18 heavy (non-hydrogen) atoms. The van der Waals surface area contributed by atoms with Crippen LogP contribution < -0.4 is 0 Å². The van der Waals surface area contributed by atoms with Gasteiger partial charge in [0.05, 0.1) is 6.42 Å². The predicted octanol–water partition coefficient (Wildman–Crippen LogP) is 3.00. The van der Waals surface area contributed by atoms with Gasteiger partial charge < -0.3 is 4.90 Å². The molecule has 1 aromatic carbocycles. The molecule has 0 bridgehead atoms. The molecule has 0 spiro atoms. The second kappa shape index (κ2) is 6.32. The van der Waals surface area contributed by atoms with E-state index in [1.165, 1.54) is 12.1 Å². The van der Waals surface area contributed by atoms with Crippen LogP contribution in [0, 0.1) is 11.7 Å². The van der Waals surface area contributed by atoms with Crippen molar-refractivity contribution in [2.24, 2.45) is 5.92 Å². The minimum absolute atomic E-state index is 0.148. The molecule has 98 valence electrons. The number of amides is 1. The maximum absolute atomic E-state index is 12.8. The van der Waals surface area contributed by atoms with Gasteiger partial charge in [-0.15, -0.1) is 0 Å². The zero-order chi connectivity index (χ0) is 13.0. The number of rotatable bonds is 3. The van der Waals surface area contributed by atoms with Crippen molar-refractivity contribution in [1.29, 1.82) is 0 Å². The number of piperidine rings is 1. The van der Waals surface area contributed by atoms with Crippen molar-refractivity contribution < 1.29 is 9.18 Å². The molecule has 1 aliphatic heterocycles. The lowest BCUT2D eigenvalue weighted by Crippen LogP contribution is -2.39. The van der Waals surface area contributed by atoms with Gasteiger partial charge in [-0.2, -0.15) is 0 Å². The fourth-order valence-electron chi connectivity index (χ4n) is 2.23. The maximum Gasteiger partial charge on any atom is 0.226 e. The van der Waals surface area contributed by atoms with Gasteiger partial charge in [0.25, 0.3) is 0 Å². The molecule has 0 radical (unpaired) electrons. The molecule has 1 aliphatic rings. The molecule has 0 saturated carbocycles. The van der Waals surface area contributed by atoms with Crippen molar-refractivity contribution in [2.75, 3.05) is 18.4 Å². The lowest BCUT2D eigenvalue weighted by molar-refractivity contribution is -0.131. The Balaban J connectivity index is 1.87. The van der Waals surface area contributed by atoms with Gasteiger partial charge in [-0.25, -0.2) is 4.39 Å². The molecular formula is C14H17BrFNO. The summed E-state index contributed by atoms with van der Waals surface area (Å²) in [5, 5.41) is 1.02. The van der Waals surface area contributed by atoms with Crippen molar-refractivity contribution in [3.8, 4) is 0 Å². The van der Waals surface area contributed by atoms with Crippen molar-refractivity contribution in [2.45, 2.75) is 19.3 Å². The van der Waals surface area contributed by atoms with Crippen LogP contribution in [0.15, 0.2) is 24.3 Å². The number of likely N-dealkylation sites (tertiary alicyclic amines) is 1. The first-order valence-corrected chi connectivity index (χ1v) is 7.39. The molecule has 4 heteroatoms. The second-order valence-electron chi connectivity index (χ2n) is 4.78. The molecular weight excluding hydrogens is 297 g/mol. The number of halogens is 2. The predicted molar refractivity (Wildman–Crippen MR) is 73.2 cm³/mol. The third kappa shape index (κ3) is 3.55. The van der Waals surface area contributed by atoms with Gasteiger partial charge in [0.15, 0.2) is 0 Å². The summed E-state index contributed by atoms with van der Waals surface area (Å²) in [6.07, 6.45) is 2.51. The van der Waals surface area contributed by atoms with Crippen LogP contribution in [0.4, 0.5) is 4.39 Å². The normalized spacial score (nSPS) is 16.9. The fraction of sp³-hybridized carbons (Fsp3) is 0.500. The number of hydrogen-bond acceptors (Lipinski definition) is 1. The number of alkyl halides is 1. The minimum atomic E-state index is -0.260. The van der Waals surface area contributed by atoms with Crippen LogP contribution in [0.1, 0.15) is 18.4 Å². The van der Waals surface area contributed by atoms with Gasteiger partial charge in [0.1, 0.15) is 5.82 Å². The summed E-state index contributed by atoms with van der Waals surface area (Å²) in [5.41, 5.74) is 0.879. The second-order valence-corrected chi connectivity index (χ2v) is 5.43. The van der Waals surface area contributed by atoms with E-state index in [2.05, 4.69) is 15.9 Å². The third-order valence-electron chi connectivity index (χ3n) is 3.45. The molecule has 1 heterocycles. The zero-order valence-corrected chi connectivity index (χ0v) is 11.8. The summed E-state index contributed by atoms with van der Waals surface area (Å²) < 4.78 is 12.8.